The van der Waals surface area contributed by atoms with Crippen molar-refractivity contribution in [2.75, 3.05) is 13.2 Å². The molecule has 3 saturated heterocycles. The standard InChI is InChI=1S/C29H36O8/c1-17-22(32)24(37-21(31)10-9-18-7-5-4-6-8-18)27(3)23(19(30)11-12-29(27)16-35-29)26(17,2)20-15-28(33)13-14-34-25(28)36-20/h4-10,17,20,22-25,32-33H,11-16H2,1-3H3/b10-9+/t17-,20+,22-,23-,24+,25+,26-,27+,28+,29+/m1/s1. The monoisotopic (exact) mass is 512 g/mol. The average Bonchev–Trinajstić information content (AvgIpc) is 3.48. The van der Waals surface area contributed by atoms with E-state index in [1.54, 1.807) is 6.08 Å². The molecule has 5 aliphatic rings. The van der Waals surface area contributed by atoms with Crippen molar-refractivity contribution >= 4 is 17.8 Å². The van der Waals surface area contributed by atoms with Crippen LogP contribution in [0.1, 0.15) is 52.0 Å². The molecular formula is C29H36O8. The van der Waals surface area contributed by atoms with Gasteiger partial charge in [0.05, 0.1) is 25.4 Å². The Labute approximate surface area is 216 Å². The minimum absolute atomic E-state index is 0.0549. The Hall–Kier alpha value is -2.10. The fraction of sp³-hybridized carbons (Fsp3) is 0.655. The van der Waals surface area contributed by atoms with E-state index in [0.29, 0.717) is 38.9 Å². The third-order valence-corrected chi connectivity index (χ3v) is 10.4. The van der Waals surface area contributed by atoms with Crippen LogP contribution in [0.2, 0.25) is 0 Å². The third kappa shape index (κ3) is 3.53. The number of ketones is 1. The molecule has 6 rings (SSSR count). The van der Waals surface area contributed by atoms with Gasteiger partial charge in [0, 0.05) is 42.1 Å². The highest BCUT2D eigenvalue weighted by atomic mass is 16.7. The SMILES string of the molecule is C[C@@H]1[C@@H](O)[C@H](OC(=O)/C=C/c2ccccc2)[C@]2(C)[C@H](C(=O)CC[C@]23CO3)[C@@]1(C)[C@@H]1C[C@@]2(O)CCO[C@H]2O1. The van der Waals surface area contributed by atoms with E-state index in [1.807, 2.05) is 51.1 Å². The summed E-state index contributed by atoms with van der Waals surface area (Å²) in [4.78, 5) is 26.8. The van der Waals surface area contributed by atoms with Gasteiger partial charge in [0.2, 0.25) is 0 Å². The molecule has 1 spiro atoms. The largest absolute Gasteiger partial charge is 0.456 e. The van der Waals surface area contributed by atoms with Gasteiger partial charge in [-0.15, -0.1) is 0 Å². The molecule has 0 bridgehead atoms. The highest BCUT2D eigenvalue weighted by Crippen LogP contribution is 2.69. The zero-order chi connectivity index (χ0) is 26.2. The summed E-state index contributed by atoms with van der Waals surface area (Å²) in [7, 11) is 0. The third-order valence-electron chi connectivity index (χ3n) is 10.4. The van der Waals surface area contributed by atoms with Gasteiger partial charge in [0.15, 0.2) is 6.29 Å². The molecule has 37 heavy (non-hydrogen) atoms. The molecule has 2 aliphatic carbocycles. The lowest BCUT2D eigenvalue weighted by Gasteiger charge is -2.63. The lowest BCUT2D eigenvalue weighted by atomic mass is 9.41. The maximum atomic E-state index is 13.8. The molecule has 8 heteroatoms. The number of fused-ring (bicyclic) bond motifs is 3. The van der Waals surface area contributed by atoms with Crippen LogP contribution in [0.15, 0.2) is 36.4 Å². The summed E-state index contributed by atoms with van der Waals surface area (Å²) in [6.07, 6.45) is 1.44. The fourth-order valence-electron chi connectivity index (χ4n) is 7.97. The minimum atomic E-state index is -1.11. The molecular weight excluding hydrogens is 476 g/mol. The summed E-state index contributed by atoms with van der Waals surface area (Å²) in [5.74, 6) is -1.59. The molecule has 10 atom stereocenters. The first-order valence-electron chi connectivity index (χ1n) is 13.3. The average molecular weight is 513 g/mol. The molecule has 5 fully saturated rings. The Kier molecular flexibility index (Phi) is 5.75. The van der Waals surface area contributed by atoms with Crippen LogP contribution in [0.25, 0.3) is 6.08 Å². The van der Waals surface area contributed by atoms with Crippen LogP contribution in [-0.4, -0.2) is 71.0 Å². The minimum Gasteiger partial charge on any atom is -0.456 e. The zero-order valence-corrected chi connectivity index (χ0v) is 21.6. The quantitative estimate of drug-likeness (QED) is 0.360. The number of hydrogen-bond acceptors (Lipinski definition) is 8. The predicted octanol–water partition coefficient (Wildman–Crippen LogP) is 2.65. The van der Waals surface area contributed by atoms with Gasteiger partial charge in [-0.05, 0) is 24.0 Å². The summed E-state index contributed by atoms with van der Waals surface area (Å²) in [5.41, 5.74) is -2.72. The van der Waals surface area contributed by atoms with Gasteiger partial charge in [-0.25, -0.2) is 4.79 Å². The molecule has 0 aromatic heterocycles. The number of Topliss-reactive ketones (excluding diaryl/α,β-unsaturated/α-hetero) is 1. The van der Waals surface area contributed by atoms with Crippen molar-refractivity contribution in [3.8, 4) is 0 Å². The number of carbonyl (C=O) groups is 2. The summed E-state index contributed by atoms with van der Waals surface area (Å²) in [6, 6.07) is 9.42. The normalized spacial score (nSPS) is 48.7. The Balaban J connectivity index is 1.36. The Morgan fingerprint density at radius 2 is 1.92 bits per heavy atom. The van der Waals surface area contributed by atoms with Crippen LogP contribution in [0.5, 0.6) is 0 Å². The summed E-state index contributed by atoms with van der Waals surface area (Å²) in [5, 5.41) is 22.9. The summed E-state index contributed by atoms with van der Waals surface area (Å²) < 4.78 is 24.0. The molecule has 0 unspecified atom stereocenters. The van der Waals surface area contributed by atoms with Gasteiger partial charge in [-0.3, -0.25) is 4.79 Å². The lowest BCUT2D eigenvalue weighted by Crippen LogP contribution is -2.73. The maximum absolute atomic E-state index is 13.8. The second-order valence-electron chi connectivity index (χ2n) is 12.1. The molecule has 2 saturated carbocycles. The van der Waals surface area contributed by atoms with E-state index in [1.165, 1.54) is 6.08 Å². The number of aliphatic hydroxyl groups is 2. The van der Waals surface area contributed by atoms with Crippen molar-refractivity contribution in [1.29, 1.82) is 0 Å². The van der Waals surface area contributed by atoms with Crippen molar-refractivity contribution in [3.63, 3.8) is 0 Å². The second kappa shape index (κ2) is 8.45. The van der Waals surface area contributed by atoms with Gasteiger partial charge in [0.25, 0.3) is 0 Å². The number of aliphatic hydroxyl groups excluding tert-OH is 1. The van der Waals surface area contributed by atoms with Gasteiger partial charge >= 0.3 is 5.97 Å². The van der Waals surface area contributed by atoms with Crippen molar-refractivity contribution in [3.05, 3.63) is 42.0 Å². The number of benzene rings is 1. The van der Waals surface area contributed by atoms with E-state index in [-0.39, 0.29) is 5.78 Å². The number of epoxide rings is 1. The molecule has 1 aromatic rings. The highest BCUT2D eigenvalue weighted by molar-refractivity contribution is 5.88. The highest BCUT2D eigenvalue weighted by Gasteiger charge is 2.78. The van der Waals surface area contributed by atoms with Crippen LogP contribution in [0, 0.1) is 22.7 Å². The zero-order valence-electron chi connectivity index (χ0n) is 21.6. The second-order valence-corrected chi connectivity index (χ2v) is 12.1. The van der Waals surface area contributed by atoms with Crippen molar-refractivity contribution in [2.24, 2.45) is 22.7 Å². The number of ether oxygens (including phenoxy) is 4. The Bertz CT molecular complexity index is 1110. The van der Waals surface area contributed by atoms with Crippen LogP contribution >= 0.6 is 0 Å². The topological polar surface area (TPSA) is 115 Å². The Morgan fingerprint density at radius 1 is 1.19 bits per heavy atom. The first-order chi connectivity index (χ1) is 17.5. The smallest absolute Gasteiger partial charge is 0.331 e. The van der Waals surface area contributed by atoms with Crippen LogP contribution in [-0.2, 0) is 28.5 Å². The van der Waals surface area contributed by atoms with E-state index < -0.39 is 64.4 Å². The van der Waals surface area contributed by atoms with Gasteiger partial charge in [-0.2, -0.15) is 0 Å². The predicted molar refractivity (Wildman–Crippen MR) is 132 cm³/mol. The molecule has 3 heterocycles. The molecule has 3 aliphatic heterocycles. The number of hydrogen-bond donors (Lipinski definition) is 2. The van der Waals surface area contributed by atoms with E-state index in [4.69, 9.17) is 18.9 Å². The number of rotatable bonds is 4. The van der Waals surface area contributed by atoms with Crippen molar-refractivity contribution in [1.82, 2.24) is 0 Å². The molecule has 1 aromatic carbocycles. The molecule has 0 amide bonds. The molecule has 200 valence electrons. The van der Waals surface area contributed by atoms with Crippen LogP contribution in [0.4, 0.5) is 0 Å². The van der Waals surface area contributed by atoms with E-state index >= 15 is 0 Å². The van der Waals surface area contributed by atoms with Gasteiger partial charge in [-0.1, -0.05) is 51.1 Å². The fourth-order valence-corrected chi connectivity index (χ4v) is 7.97. The molecule has 8 nitrogen and oxygen atoms in total. The first kappa shape index (κ1) is 25.2. The van der Waals surface area contributed by atoms with Crippen molar-refractivity contribution < 1.29 is 38.7 Å². The van der Waals surface area contributed by atoms with Crippen LogP contribution in [0.3, 0.4) is 0 Å². The first-order valence-corrected chi connectivity index (χ1v) is 13.3. The number of esters is 1. The summed E-state index contributed by atoms with van der Waals surface area (Å²) in [6.45, 7) is 6.66. The van der Waals surface area contributed by atoms with Crippen molar-refractivity contribution in [2.45, 2.75) is 82.3 Å². The maximum Gasteiger partial charge on any atom is 0.331 e. The van der Waals surface area contributed by atoms with E-state index in [9.17, 15) is 19.8 Å². The molecule has 0 radical (unpaired) electrons. The number of carbonyl (C=O) groups excluding carboxylic acids is 2. The summed E-state index contributed by atoms with van der Waals surface area (Å²) >= 11 is 0. The van der Waals surface area contributed by atoms with Gasteiger partial charge in [0.1, 0.15) is 23.1 Å². The van der Waals surface area contributed by atoms with Gasteiger partial charge < -0.3 is 29.2 Å². The van der Waals surface area contributed by atoms with Crippen LogP contribution < -0.4 is 0 Å². The lowest BCUT2D eigenvalue weighted by molar-refractivity contribution is -0.263. The van der Waals surface area contributed by atoms with E-state index in [2.05, 4.69) is 0 Å². The molecule has 2 N–H and O–H groups in total. The Morgan fingerprint density at radius 3 is 2.59 bits per heavy atom. The van der Waals surface area contributed by atoms with E-state index in [0.717, 1.165) is 5.56 Å².